The number of anilines is 2. The van der Waals surface area contributed by atoms with Gasteiger partial charge in [-0.05, 0) is 19.1 Å². The number of hydrogen-bond donors (Lipinski definition) is 1. The van der Waals surface area contributed by atoms with Crippen LogP contribution in [0.5, 0.6) is 0 Å². The molecule has 1 aromatic heterocycles. The van der Waals surface area contributed by atoms with Gasteiger partial charge in [-0.2, -0.15) is 11.8 Å². The minimum absolute atomic E-state index is 0.494. The van der Waals surface area contributed by atoms with Crippen molar-refractivity contribution in [2.24, 2.45) is 0 Å². The van der Waals surface area contributed by atoms with Gasteiger partial charge in [0.1, 0.15) is 11.2 Å². The second-order valence-electron chi connectivity index (χ2n) is 4.40. The standard InChI is InChI=1S/C11H17N3O2S2/c1-8-9(12)3-4-10(13-8)14-5-6-17-7-11(14)18(2,15)16/h3-4,11H,5-7,12H2,1-2H3. The number of nitrogens with zero attached hydrogens (tertiary/aromatic N) is 2. The highest BCUT2D eigenvalue weighted by molar-refractivity contribution is 8.01. The monoisotopic (exact) mass is 287 g/mol. The number of sulfone groups is 1. The van der Waals surface area contributed by atoms with Gasteiger partial charge in [-0.15, -0.1) is 0 Å². The van der Waals surface area contributed by atoms with Crippen LogP contribution in [0.4, 0.5) is 11.5 Å². The van der Waals surface area contributed by atoms with Gasteiger partial charge in [-0.25, -0.2) is 13.4 Å². The van der Waals surface area contributed by atoms with Gasteiger partial charge in [0.15, 0.2) is 9.84 Å². The maximum atomic E-state index is 11.8. The second-order valence-corrected chi connectivity index (χ2v) is 7.75. The van der Waals surface area contributed by atoms with Crippen molar-refractivity contribution in [1.82, 2.24) is 4.98 Å². The van der Waals surface area contributed by atoms with E-state index < -0.39 is 15.2 Å². The number of nitrogens with two attached hydrogens (primary N) is 1. The van der Waals surface area contributed by atoms with Gasteiger partial charge in [-0.1, -0.05) is 0 Å². The predicted molar refractivity (Wildman–Crippen MR) is 76.7 cm³/mol. The Morgan fingerprint density at radius 1 is 1.50 bits per heavy atom. The molecule has 0 saturated carbocycles. The topological polar surface area (TPSA) is 76.3 Å². The van der Waals surface area contributed by atoms with Crippen LogP contribution in [-0.2, 0) is 9.84 Å². The molecule has 1 unspecified atom stereocenters. The summed E-state index contributed by atoms with van der Waals surface area (Å²) in [6.45, 7) is 2.52. The largest absolute Gasteiger partial charge is 0.397 e. The molecule has 0 radical (unpaired) electrons. The van der Waals surface area contributed by atoms with Crippen LogP contribution in [0.2, 0.25) is 0 Å². The molecule has 0 amide bonds. The van der Waals surface area contributed by atoms with Gasteiger partial charge in [0.2, 0.25) is 0 Å². The SMILES string of the molecule is Cc1nc(N2CCSCC2S(C)(=O)=O)ccc1N. The molecule has 0 bridgehead atoms. The molecule has 100 valence electrons. The molecule has 1 fully saturated rings. The first kappa shape index (κ1) is 13.5. The lowest BCUT2D eigenvalue weighted by Gasteiger charge is -2.35. The molecule has 7 heteroatoms. The Morgan fingerprint density at radius 3 is 2.83 bits per heavy atom. The van der Waals surface area contributed by atoms with Crippen LogP contribution < -0.4 is 10.6 Å². The van der Waals surface area contributed by atoms with Gasteiger partial charge >= 0.3 is 0 Å². The van der Waals surface area contributed by atoms with E-state index in [1.54, 1.807) is 23.9 Å². The quantitative estimate of drug-likeness (QED) is 0.871. The molecule has 2 rings (SSSR count). The molecule has 2 N–H and O–H groups in total. The fraction of sp³-hybridized carbons (Fsp3) is 0.545. The molecular formula is C11H17N3O2S2. The van der Waals surface area contributed by atoms with E-state index in [1.165, 1.54) is 6.26 Å². The molecule has 1 aliphatic rings. The number of hydrogen-bond acceptors (Lipinski definition) is 6. The summed E-state index contributed by atoms with van der Waals surface area (Å²) >= 11 is 1.66. The first-order valence-electron chi connectivity index (χ1n) is 5.66. The molecule has 0 aliphatic carbocycles. The Hall–Kier alpha value is -0.950. The van der Waals surface area contributed by atoms with Crippen molar-refractivity contribution in [1.29, 1.82) is 0 Å². The maximum absolute atomic E-state index is 11.8. The van der Waals surface area contributed by atoms with Crippen LogP contribution >= 0.6 is 11.8 Å². The number of aromatic nitrogens is 1. The highest BCUT2D eigenvalue weighted by Crippen LogP contribution is 2.26. The summed E-state index contributed by atoms with van der Waals surface area (Å²) in [6.07, 6.45) is 1.28. The molecule has 1 aliphatic heterocycles. The van der Waals surface area contributed by atoms with Crippen LogP contribution in [0, 0.1) is 6.92 Å². The van der Waals surface area contributed by atoms with E-state index in [9.17, 15) is 8.42 Å². The summed E-state index contributed by atoms with van der Waals surface area (Å²) in [5, 5.41) is -0.494. The van der Waals surface area contributed by atoms with Crippen molar-refractivity contribution < 1.29 is 8.42 Å². The molecule has 18 heavy (non-hydrogen) atoms. The third-order valence-corrected chi connectivity index (χ3v) is 5.63. The van der Waals surface area contributed by atoms with Gasteiger partial charge in [0.05, 0.1) is 11.4 Å². The van der Waals surface area contributed by atoms with Gasteiger partial charge in [-0.3, -0.25) is 0 Å². The van der Waals surface area contributed by atoms with Crippen molar-refractivity contribution in [3.63, 3.8) is 0 Å². The number of pyridine rings is 1. The van der Waals surface area contributed by atoms with E-state index in [0.29, 0.717) is 23.8 Å². The minimum Gasteiger partial charge on any atom is -0.397 e. The number of rotatable bonds is 2. The predicted octanol–water partition coefficient (Wildman–Crippen LogP) is 0.896. The van der Waals surface area contributed by atoms with Crippen LogP contribution in [0.25, 0.3) is 0 Å². The zero-order chi connectivity index (χ0) is 13.3. The smallest absolute Gasteiger partial charge is 0.169 e. The normalized spacial score (nSPS) is 21.0. The molecule has 5 nitrogen and oxygen atoms in total. The number of aryl methyl sites for hydroxylation is 1. The summed E-state index contributed by atoms with van der Waals surface area (Å²) < 4.78 is 23.6. The minimum atomic E-state index is -3.11. The van der Waals surface area contributed by atoms with Crippen molar-refractivity contribution in [2.75, 3.05) is 34.9 Å². The van der Waals surface area contributed by atoms with Crippen LogP contribution in [0.15, 0.2) is 12.1 Å². The van der Waals surface area contributed by atoms with E-state index in [4.69, 9.17) is 5.73 Å². The Labute approximate surface area is 112 Å². The van der Waals surface area contributed by atoms with Crippen molar-refractivity contribution in [3.8, 4) is 0 Å². The lowest BCUT2D eigenvalue weighted by atomic mass is 10.3. The summed E-state index contributed by atoms with van der Waals surface area (Å²) in [7, 11) is -3.11. The molecule has 1 saturated heterocycles. The highest BCUT2D eigenvalue weighted by Gasteiger charge is 2.31. The fourth-order valence-electron chi connectivity index (χ4n) is 1.92. The Bertz CT molecular complexity index is 545. The first-order chi connectivity index (χ1) is 8.39. The molecule has 1 atom stereocenters. The molecular weight excluding hydrogens is 270 g/mol. The Morgan fingerprint density at radius 2 is 2.22 bits per heavy atom. The van der Waals surface area contributed by atoms with E-state index >= 15 is 0 Å². The molecule has 1 aromatic rings. The lowest BCUT2D eigenvalue weighted by Crippen LogP contribution is -2.47. The van der Waals surface area contributed by atoms with E-state index in [0.717, 1.165) is 11.4 Å². The average molecular weight is 287 g/mol. The second kappa shape index (κ2) is 4.97. The first-order valence-corrected chi connectivity index (χ1v) is 8.77. The van der Waals surface area contributed by atoms with Crippen molar-refractivity contribution in [3.05, 3.63) is 17.8 Å². The van der Waals surface area contributed by atoms with E-state index in [2.05, 4.69) is 4.98 Å². The average Bonchev–Trinajstić information content (AvgIpc) is 2.32. The highest BCUT2D eigenvalue weighted by atomic mass is 32.2. The third kappa shape index (κ3) is 2.72. The van der Waals surface area contributed by atoms with Crippen molar-refractivity contribution >= 4 is 33.1 Å². The van der Waals surface area contributed by atoms with E-state index in [-0.39, 0.29) is 0 Å². The zero-order valence-electron chi connectivity index (χ0n) is 10.5. The van der Waals surface area contributed by atoms with Crippen molar-refractivity contribution in [2.45, 2.75) is 12.3 Å². The Kier molecular flexibility index (Phi) is 3.72. The number of nitrogen functional groups attached to an aromatic ring is 1. The van der Waals surface area contributed by atoms with Crippen LogP contribution in [-0.4, -0.2) is 43.1 Å². The van der Waals surface area contributed by atoms with Crippen LogP contribution in [0.3, 0.4) is 0 Å². The molecule has 0 spiro atoms. The lowest BCUT2D eigenvalue weighted by molar-refractivity contribution is 0.583. The zero-order valence-corrected chi connectivity index (χ0v) is 12.1. The maximum Gasteiger partial charge on any atom is 0.169 e. The number of thioether (sulfide) groups is 1. The molecule has 0 aromatic carbocycles. The Balaban J connectivity index is 2.37. The van der Waals surface area contributed by atoms with Gasteiger partial charge in [0.25, 0.3) is 0 Å². The summed E-state index contributed by atoms with van der Waals surface area (Å²) in [6, 6.07) is 3.56. The summed E-state index contributed by atoms with van der Waals surface area (Å²) in [5.41, 5.74) is 7.10. The van der Waals surface area contributed by atoms with Gasteiger partial charge in [0, 0.05) is 24.3 Å². The molecule has 2 heterocycles. The summed E-state index contributed by atoms with van der Waals surface area (Å²) in [5.74, 6) is 2.19. The van der Waals surface area contributed by atoms with Gasteiger partial charge < -0.3 is 10.6 Å². The third-order valence-electron chi connectivity index (χ3n) is 2.99. The summed E-state index contributed by atoms with van der Waals surface area (Å²) in [4.78, 5) is 6.25. The van der Waals surface area contributed by atoms with E-state index in [1.807, 2.05) is 11.8 Å². The fourth-order valence-corrected chi connectivity index (χ4v) is 4.74. The van der Waals surface area contributed by atoms with Crippen LogP contribution in [0.1, 0.15) is 5.69 Å².